The molecule has 7 heteroatoms. The van der Waals surface area contributed by atoms with Crippen molar-refractivity contribution in [1.82, 2.24) is 20.2 Å². The van der Waals surface area contributed by atoms with E-state index in [0.717, 1.165) is 0 Å². The van der Waals surface area contributed by atoms with Gasteiger partial charge in [-0.2, -0.15) is 5.10 Å². The molecule has 2 heterocycles. The van der Waals surface area contributed by atoms with Crippen LogP contribution in [0.5, 0.6) is 0 Å². The molecule has 7 nitrogen and oxygen atoms in total. The van der Waals surface area contributed by atoms with E-state index in [0.29, 0.717) is 30.4 Å². The van der Waals surface area contributed by atoms with Crippen molar-refractivity contribution in [3.8, 4) is 0 Å². The third-order valence-corrected chi connectivity index (χ3v) is 2.18. The maximum atomic E-state index is 11.4. The SMILES string of the molecule is CCOC(=O)c1ccc(NCc2ncn[nH]2)nc1. The van der Waals surface area contributed by atoms with Crippen LogP contribution >= 0.6 is 0 Å². The number of nitrogens with one attached hydrogen (secondary N) is 2. The zero-order valence-corrected chi connectivity index (χ0v) is 9.88. The van der Waals surface area contributed by atoms with Gasteiger partial charge in [-0.25, -0.2) is 14.8 Å². The molecule has 0 bridgehead atoms. The maximum Gasteiger partial charge on any atom is 0.339 e. The van der Waals surface area contributed by atoms with E-state index in [4.69, 9.17) is 4.74 Å². The van der Waals surface area contributed by atoms with Gasteiger partial charge < -0.3 is 10.1 Å². The molecule has 0 aliphatic carbocycles. The van der Waals surface area contributed by atoms with E-state index in [-0.39, 0.29) is 5.97 Å². The van der Waals surface area contributed by atoms with Gasteiger partial charge in [-0.1, -0.05) is 0 Å². The molecule has 0 radical (unpaired) electrons. The second-order valence-electron chi connectivity index (χ2n) is 3.44. The van der Waals surface area contributed by atoms with E-state index in [2.05, 4.69) is 25.5 Å². The summed E-state index contributed by atoms with van der Waals surface area (Å²) in [6.45, 7) is 2.61. The number of ether oxygens (including phenoxy) is 1. The molecule has 18 heavy (non-hydrogen) atoms. The number of aromatic nitrogens is 4. The Hall–Kier alpha value is -2.44. The topological polar surface area (TPSA) is 92.8 Å². The monoisotopic (exact) mass is 247 g/mol. The number of rotatable bonds is 5. The van der Waals surface area contributed by atoms with Crippen molar-refractivity contribution in [2.24, 2.45) is 0 Å². The molecule has 2 N–H and O–H groups in total. The number of carbonyl (C=O) groups excluding carboxylic acids is 1. The Kier molecular flexibility index (Phi) is 3.85. The number of anilines is 1. The van der Waals surface area contributed by atoms with Gasteiger partial charge in [0.1, 0.15) is 18.0 Å². The number of H-pyrrole nitrogens is 1. The standard InChI is InChI=1S/C11H13N5O2/c1-2-18-11(17)8-3-4-9(12-5-8)13-6-10-14-7-15-16-10/h3-5,7H,2,6H2,1H3,(H,12,13)(H,14,15,16). The van der Waals surface area contributed by atoms with Gasteiger partial charge in [0.05, 0.1) is 18.7 Å². The minimum absolute atomic E-state index is 0.352. The van der Waals surface area contributed by atoms with Crippen LogP contribution < -0.4 is 5.32 Å². The van der Waals surface area contributed by atoms with Crippen LogP contribution in [0.1, 0.15) is 23.1 Å². The molecule has 0 aromatic carbocycles. The molecule has 0 spiro atoms. The Labute approximate surface area is 104 Å². The number of hydrogen-bond donors (Lipinski definition) is 2. The Morgan fingerprint density at radius 2 is 2.33 bits per heavy atom. The first-order valence-electron chi connectivity index (χ1n) is 5.51. The van der Waals surface area contributed by atoms with Gasteiger partial charge in [-0.15, -0.1) is 0 Å². The molecule has 0 fully saturated rings. The highest BCUT2D eigenvalue weighted by Crippen LogP contribution is 2.07. The predicted octanol–water partition coefficient (Wildman–Crippen LogP) is 0.988. The first-order valence-corrected chi connectivity index (χ1v) is 5.51. The number of esters is 1. The van der Waals surface area contributed by atoms with Gasteiger partial charge in [-0.05, 0) is 19.1 Å². The molecule has 0 unspecified atom stereocenters. The second kappa shape index (κ2) is 5.76. The number of carbonyl (C=O) groups is 1. The van der Waals surface area contributed by atoms with E-state index in [9.17, 15) is 4.79 Å². The zero-order chi connectivity index (χ0) is 12.8. The smallest absolute Gasteiger partial charge is 0.339 e. The van der Waals surface area contributed by atoms with E-state index in [1.165, 1.54) is 12.5 Å². The first kappa shape index (κ1) is 12.0. The summed E-state index contributed by atoms with van der Waals surface area (Å²) in [5.41, 5.74) is 0.432. The molecule has 0 saturated carbocycles. The van der Waals surface area contributed by atoms with Crippen LogP contribution in [0.25, 0.3) is 0 Å². The lowest BCUT2D eigenvalue weighted by atomic mass is 10.3. The van der Waals surface area contributed by atoms with Crippen LogP contribution in [0.3, 0.4) is 0 Å². The molecule has 0 saturated heterocycles. The number of aromatic amines is 1. The molecule has 0 amide bonds. The van der Waals surface area contributed by atoms with Crippen LogP contribution in [0.2, 0.25) is 0 Å². The van der Waals surface area contributed by atoms with Gasteiger partial charge in [0, 0.05) is 6.20 Å². The fourth-order valence-corrected chi connectivity index (χ4v) is 1.32. The largest absolute Gasteiger partial charge is 0.462 e. The molecule has 2 rings (SSSR count). The van der Waals surface area contributed by atoms with Crippen LogP contribution in [0.4, 0.5) is 5.82 Å². The minimum Gasteiger partial charge on any atom is -0.462 e. The lowest BCUT2D eigenvalue weighted by Crippen LogP contribution is -2.07. The van der Waals surface area contributed by atoms with Crippen LogP contribution in [-0.4, -0.2) is 32.7 Å². The van der Waals surface area contributed by atoms with Crippen molar-refractivity contribution >= 4 is 11.8 Å². The molecule has 0 aliphatic heterocycles. The average molecular weight is 247 g/mol. The lowest BCUT2D eigenvalue weighted by Gasteiger charge is -2.04. The molecule has 0 aliphatic rings. The fourth-order valence-electron chi connectivity index (χ4n) is 1.32. The number of pyridine rings is 1. The number of nitrogens with zero attached hydrogens (tertiary/aromatic N) is 3. The molecular formula is C11H13N5O2. The fraction of sp³-hybridized carbons (Fsp3) is 0.273. The summed E-state index contributed by atoms with van der Waals surface area (Å²) in [6, 6.07) is 3.37. The number of hydrogen-bond acceptors (Lipinski definition) is 6. The normalized spacial score (nSPS) is 10.1. The summed E-state index contributed by atoms with van der Waals surface area (Å²) in [5, 5.41) is 9.51. The van der Waals surface area contributed by atoms with E-state index in [1.54, 1.807) is 19.1 Å². The molecule has 2 aromatic heterocycles. The summed E-state index contributed by atoms with van der Waals surface area (Å²) in [7, 11) is 0. The average Bonchev–Trinajstić information content (AvgIpc) is 2.90. The quantitative estimate of drug-likeness (QED) is 0.765. The Balaban J connectivity index is 1.93. The van der Waals surface area contributed by atoms with Gasteiger partial charge >= 0.3 is 5.97 Å². The van der Waals surface area contributed by atoms with Gasteiger partial charge in [-0.3, -0.25) is 5.10 Å². The van der Waals surface area contributed by atoms with Crippen molar-refractivity contribution < 1.29 is 9.53 Å². The van der Waals surface area contributed by atoms with Crippen molar-refractivity contribution in [2.45, 2.75) is 13.5 Å². The molecule has 2 aromatic rings. The highest BCUT2D eigenvalue weighted by molar-refractivity contribution is 5.89. The Bertz CT molecular complexity index is 495. The zero-order valence-electron chi connectivity index (χ0n) is 9.88. The minimum atomic E-state index is -0.369. The van der Waals surface area contributed by atoms with E-state index in [1.807, 2.05) is 0 Å². The summed E-state index contributed by atoms with van der Waals surface area (Å²) >= 11 is 0. The van der Waals surface area contributed by atoms with E-state index < -0.39 is 0 Å². The van der Waals surface area contributed by atoms with Crippen molar-refractivity contribution in [3.05, 3.63) is 36.0 Å². The van der Waals surface area contributed by atoms with Gasteiger partial charge in [0.25, 0.3) is 0 Å². The second-order valence-corrected chi connectivity index (χ2v) is 3.44. The highest BCUT2D eigenvalue weighted by atomic mass is 16.5. The Morgan fingerprint density at radius 3 is 2.94 bits per heavy atom. The van der Waals surface area contributed by atoms with Crippen molar-refractivity contribution in [2.75, 3.05) is 11.9 Å². The first-order chi connectivity index (χ1) is 8.79. The summed E-state index contributed by atoms with van der Waals surface area (Å²) in [5.74, 6) is 0.998. The highest BCUT2D eigenvalue weighted by Gasteiger charge is 2.06. The van der Waals surface area contributed by atoms with E-state index >= 15 is 0 Å². The van der Waals surface area contributed by atoms with Crippen LogP contribution in [0.15, 0.2) is 24.7 Å². The van der Waals surface area contributed by atoms with Crippen LogP contribution in [-0.2, 0) is 11.3 Å². The molecule has 94 valence electrons. The molecular weight excluding hydrogens is 234 g/mol. The van der Waals surface area contributed by atoms with Gasteiger partial charge in [0.15, 0.2) is 0 Å². The van der Waals surface area contributed by atoms with Crippen LogP contribution in [0, 0.1) is 0 Å². The van der Waals surface area contributed by atoms with Crippen molar-refractivity contribution in [3.63, 3.8) is 0 Å². The van der Waals surface area contributed by atoms with Gasteiger partial charge in [0.2, 0.25) is 0 Å². The summed E-state index contributed by atoms with van der Waals surface area (Å²) in [6.07, 6.45) is 2.91. The maximum absolute atomic E-state index is 11.4. The Morgan fingerprint density at radius 1 is 1.44 bits per heavy atom. The summed E-state index contributed by atoms with van der Waals surface area (Å²) < 4.78 is 4.86. The summed E-state index contributed by atoms with van der Waals surface area (Å²) in [4.78, 5) is 19.5. The van der Waals surface area contributed by atoms with Crippen molar-refractivity contribution in [1.29, 1.82) is 0 Å². The lowest BCUT2D eigenvalue weighted by molar-refractivity contribution is 0.0526. The predicted molar refractivity (Wildman–Crippen MR) is 63.9 cm³/mol. The third-order valence-electron chi connectivity index (χ3n) is 2.18. The third kappa shape index (κ3) is 3.03. The molecule has 0 atom stereocenters.